The highest BCUT2D eigenvalue weighted by Crippen LogP contribution is 2.67. The summed E-state index contributed by atoms with van der Waals surface area (Å²) in [5.74, 6) is 0.668. The second-order valence-electron chi connectivity index (χ2n) is 8.79. The number of pyridine rings is 1. The maximum absolute atomic E-state index is 13.0. The van der Waals surface area contributed by atoms with Crippen LogP contribution in [0, 0.1) is 16.7 Å². The summed E-state index contributed by atoms with van der Waals surface area (Å²) in [5.41, 5.74) is 0.185. The van der Waals surface area contributed by atoms with Gasteiger partial charge < -0.3 is 15.7 Å². The molecule has 0 radical (unpaired) electrons. The molecule has 5 heteroatoms. The Labute approximate surface area is 149 Å². The highest BCUT2D eigenvalue weighted by Gasteiger charge is 2.64. The van der Waals surface area contributed by atoms with Gasteiger partial charge in [-0.15, -0.1) is 0 Å². The van der Waals surface area contributed by atoms with Crippen LogP contribution in [0.3, 0.4) is 0 Å². The Morgan fingerprint density at radius 3 is 2.88 bits per heavy atom. The van der Waals surface area contributed by atoms with E-state index < -0.39 is 5.60 Å². The maximum atomic E-state index is 13.0. The summed E-state index contributed by atoms with van der Waals surface area (Å²) in [5, 5.41) is 17.4. The number of aliphatic hydroxyl groups is 1. The minimum Gasteiger partial charge on any atom is -0.390 e. The van der Waals surface area contributed by atoms with E-state index in [4.69, 9.17) is 0 Å². The molecule has 0 spiro atoms. The van der Waals surface area contributed by atoms with Crippen molar-refractivity contribution < 1.29 is 9.90 Å². The van der Waals surface area contributed by atoms with Crippen molar-refractivity contribution in [1.82, 2.24) is 10.3 Å². The number of aromatic nitrogens is 1. The number of amides is 1. The third-order valence-electron chi connectivity index (χ3n) is 6.79. The molecule has 0 aromatic carbocycles. The lowest BCUT2D eigenvalue weighted by Gasteiger charge is -2.64. The minimum absolute atomic E-state index is 0.154. The lowest BCUT2D eigenvalue weighted by molar-refractivity contribution is -0.204. The zero-order chi connectivity index (χ0) is 17.5. The Bertz CT molecular complexity index is 652. The van der Waals surface area contributed by atoms with E-state index in [0.717, 1.165) is 37.8 Å². The normalized spacial score (nSPS) is 38.6. The van der Waals surface area contributed by atoms with E-state index >= 15 is 0 Å². The lowest BCUT2D eigenvalue weighted by atomic mass is 9.42. The molecule has 4 unspecified atom stereocenters. The van der Waals surface area contributed by atoms with E-state index in [1.807, 2.05) is 12.1 Å². The monoisotopic (exact) mass is 343 g/mol. The molecule has 4 aliphatic rings. The first-order chi connectivity index (χ1) is 12.0. The van der Waals surface area contributed by atoms with Crippen molar-refractivity contribution in [1.29, 1.82) is 0 Å². The van der Waals surface area contributed by atoms with Crippen LogP contribution in [-0.4, -0.2) is 34.7 Å². The minimum atomic E-state index is -0.610. The molecule has 5 nitrogen and oxygen atoms in total. The molecular weight excluding hydrogens is 314 g/mol. The van der Waals surface area contributed by atoms with Gasteiger partial charge in [0.1, 0.15) is 0 Å². The Morgan fingerprint density at radius 1 is 1.28 bits per heavy atom. The van der Waals surface area contributed by atoms with Crippen LogP contribution in [0.1, 0.15) is 51.9 Å². The fourth-order valence-electron chi connectivity index (χ4n) is 6.27. The van der Waals surface area contributed by atoms with Crippen molar-refractivity contribution in [3.8, 4) is 0 Å². The summed E-state index contributed by atoms with van der Waals surface area (Å²) < 4.78 is 0. The van der Waals surface area contributed by atoms with E-state index in [2.05, 4.69) is 22.5 Å². The van der Waals surface area contributed by atoms with E-state index in [0.29, 0.717) is 25.4 Å². The van der Waals surface area contributed by atoms with Crippen molar-refractivity contribution in [3.05, 3.63) is 24.5 Å². The number of carbonyl (C=O) groups excluding carboxylic acids is 1. The molecule has 4 fully saturated rings. The van der Waals surface area contributed by atoms with E-state index in [1.54, 1.807) is 12.4 Å². The molecule has 136 valence electrons. The van der Waals surface area contributed by atoms with Crippen molar-refractivity contribution >= 4 is 11.6 Å². The Balaban J connectivity index is 1.38. The van der Waals surface area contributed by atoms with Gasteiger partial charge in [-0.25, -0.2) is 0 Å². The van der Waals surface area contributed by atoms with Crippen LogP contribution in [0.5, 0.6) is 0 Å². The van der Waals surface area contributed by atoms with Gasteiger partial charge in [0, 0.05) is 25.5 Å². The standard InChI is InChI=1S/C20H29N3O2/c1-2-18-8-15-9-19(12-18,14-20(25,10-15)13-18)17(24)23-7-6-22-16-4-3-5-21-11-16/h3-5,11,15,22,25H,2,6-10,12-14H2,1H3,(H,23,24). The van der Waals surface area contributed by atoms with Crippen molar-refractivity contribution in [2.24, 2.45) is 16.7 Å². The van der Waals surface area contributed by atoms with Crippen molar-refractivity contribution in [2.75, 3.05) is 18.4 Å². The number of rotatable bonds is 6. The average Bonchev–Trinajstić information content (AvgIpc) is 2.57. The molecule has 4 saturated carbocycles. The Hall–Kier alpha value is -1.62. The van der Waals surface area contributed by atoms with Crippen LogP contribution in [0.4, 0.5) is 5.69 Å². The third-order valence-corrected chi connectivity index (χ3v) is 6.79. The summed E-state index contributed by atoms with van der Waals surface area (Å²) >= 11 is 0. The summed E-state index contributed by atoms with van der Waals surface area (Å²) in [6, 6.07) is 3.86. The number of nitrogens with zero attached hydrogens (tertiary/aromatic N) is 1. The fourth-order valence-corrected chi connectivity index (χ4v) is 6.27. The molecule has 0 saturated heterocycles. The molecule has 5 rings (SSSR count). The van der Waals surface area contributed by atoms with Crippen LogP contribution in [0.15, 0.2) is 24.5 Å². The van der Waals surface area contributed by atoms with Crippen LogP contribution in [0.2, 0.25) is 0 Å². The van der Waals surface area contributed by atoms with Gasteiger partial charge in [-0.05, 0) is 62.0 Å². The number of hydrogen-bond acceptors (Lipinski definition) is 4. The second kappa shape index (κ2) is 5.97. The fraction of sp³-hybridized carbons (Fsp3) is 0.700. The molecule has 4 aliphatic carbocycles. The van der Waals surface area contributed by atoms with Crippen LogP contribution < -0.4 is 10.6 Å². The molecule has 4 atom stereocenters. The van der Waals surface area contributed by atoms with E-state index in [9.17, 15) is 9.90 Å². The first-order valence-corrected chi connectivity index (χ1v) is 9.61. The van der Waals surface area contributed by atoms with Gasteiger partial charge in [0.05, 0.1) is 16.7 Å². The summed E-state index contributed by atoms with van der Waals surface area (Å²) in [4.78, 5) is 17.1. The van der Waals surface area contributed by atoms with Crippen LogP contribution in [-0.2, 0) is 4.79 Å². The van der Waals surface area contributed by atoms with Gasteiger partial charge >= 0.3 is 0 Å². The predicted molar refractivity (Wildman–Crippen MR) is 97.0 cm³/mol. The third kappa shape index (κ3) is 3.03. The smallest absolute Gasteiger partial charge is 0.226 e. The number of nitrogens with one attached hydrogen (secondary N) is 2. The lowest BCUT2D eigenvalue weighted by Crippen LogP contribution is -2.63. The van der Waals surface area contributed by atoms with Gasteiger partial charge in [-0.2, -0.15) is 0 Å². The Kier molecular flexibility index (Phi) is 4.02. The summed E-state index contributed by atoms with van der Waals surface area (Å²) in [7, 11) is 0. The molecular formula is C20H29N3O2. The van der Waals surface area contributed by atoms with Crippen molar-refractivity contribution in [2.45, 2.75) is 57.5 Å². The number of anilines is 1. The molecule has 25 heavy (non-hydrogen) atoms. The second-order valence-corrected chi connectivity index (χ2v) is 8.79. The number of carbonyl (C=O) groups is 1. The summed E-state index contributed by atoms with van der Waals surface area (Å²) in [6.07, 6.45) is 10.1. The topological polar surface area (TPSA) is 74.2 Å². The molecule has 1 amide bonds. The zero-order valence-corrected chi connectivity index (χ0v) is 15.1. The predicted octanol–water partition coefficient (Wildman–Crippen LogP) is 2.72. The molecule has 4 bridgehead atoms. The first kappa shape index (κ1) is 16.8. The first-order valence-electron chi connectivity index (χ1n) is 9.61. The highest BCUT2D eigenvalue weighted by atomic mass is 16.3. The molecule has 1 aromatic rings. The maximum Gasteiger partial charge on any atom is 0.226 e. The SMILES string of the molecule is CCC12CC3CC(O)(C1)CC(C(=O)NCCNc1cccnc1)(C3)C2. The number of hydrogen-bond donors (Lipinski definition) is 3. The molecule has 0 aliphatic heterocycles. The van der Waals surface area contributed by atoms with E-state index in [1.165, 1.54) is 6.42 Å². The molecule has 1 aromatic heterocycles. The van der Waals surface area contributed by atoms with Crippen molar-refractivity contribution in [3.63, 3.8) is 0 Å². The summed E-state index contributed by atoms with van der Waals surface area (Å²) in [6.45, 7) is 3.50. The highest BCUT2D eigenvalue weighted by molar-refractivity contribution is 5.83. The zero-order valence-electron chi connectivity index (χ0n) is 15.1. The van der Waals surface area contributed by atoms with Gasteiger partial charge in [0.15, 0.2) is 0 Å². The quantitative estimate of drug-likeness (QED) is 0.694. The van der Waals surface area contributed by atoms with Crippen LogP contribution >= 0.6 is 0 Å². The van der Waals surface area contributed by atoms with Crippen LogP contribution in [0.25, 0.3) is 0 Å². The molecule has 1 heterocycles. The Morgan fingerprint density at radius 2 is 2.16 bits per heavy atom. The van der Waals surface area contributed by atoms with E-state index in [-0.39, 0.29) is 16.7 Å². The molecule has 3 N–H and O–H groups in total. The van der Waals surface area contributed by atoms with Gasteiger partial charge in [-0.1, -0.05) is 13.3 Å². The average molecular weight is 343 g/mol. The largest absolute Gasteiger partial charge is 0.390 e. The van der Waals surface area contributed by atoms with Gasteiger partial charge in [0.25, 0.3) is 0 Å². The van der Waals surface area contributed by atoms with Gasteiger partial charge in [-0.3, -0.25) is 9.78 Å². The van der Waals surface area contributed by atoms with Gasteiger partial charge in [0.2, 0.25) is 5.91 Å².